The van der Waals surface area contributed by atoms with Crippen molar-refractivity contribution >= 4 is 22.2 Å². The van der Waals surface area contributed by atoms with E-state index in [4.69, 9.17) is 0 Å². The van der Waals surface area contributed by atoms with Crippen LogP contribution in [0.4, 0.5) is 9.39 Å². The topological polar surface area (TPSA) is 52.9 Å². The first-order valence-corrected chi connectivity index (χ1v) is 9.23. The molecule has 1 aromatic heterocycles. The Morgan fingerprint density at radius 3 is 2.72 bits per heavy atom. The third-order valence-electron chi connectivity index (χ3n) is 4.95. The Labute approximate surface area is 151 Å². The first-order chi connectivity index (χ1) is 11.8. The first kappa shape index (κ1) is 17.6. The van der Waals surface area contributed by atoms with Crippen molar-refractivity contribution in [3.63, 3.8) is 0 Å². The predicted octanol–water partition coefficient (Wildman–Crippen LogP) is 5.16. The van der Waals surface area contributed by atoms with Crippen LogP contribution in [0.5, 0.6) is 0 Å². The number of nitrogens with zero attached hydrogens (tertiary/aromatic N) is 1. The monoisotopic (exact) mass is 356 g/mol. The third kappa shape index (κ3) is 3.45. The summed E-state index contributed by atoms with van der Waals surface area (Å²) in [5.41, 5.74) is 1.80. The van der Waals surface area contributed by atoms with E-state index in [1.54, 1.807) is 12.1 Å². The summed E-state index contributed by atoms with van der Waals surface area (Å²) >= 11 is 1.46. The lowest BCUT2D eigenvalue weighted by atomic mass is 9.72. The number of hydrogen-bond donors (Lipinski definition) is 1. The normalized spacial score (nSPS) is 16.8. The Bertz CT molecular complexity index is 858. The zero-order valence-corrected chi connectivity index (χ0v) is 15.5. The molecule has 1 N–H and O–H groups in total. The summed E-state index contributed by atoms with van der Waals surface area (Å²) in [6.07, 6.45) is 2.82. The fraction of sp³-hybridized carbons (Fsp3) is 0.400. The van der Waals surface area contributed by atoms with Crippen LogP contribution in [0.3, 0.4) is 0 Å². The molecule has 1 atom stereocenters. The van der Waals surface area contributed by atoms with E-state index < -0.39 is 11.7 Å². The summed E-state index contributed by atoms with van der Waals surface area (Å²) in [5, 5.41) is 12.8. The number of fused-ring (bicyclic) bond motifs is 1. The third-order valence-corrected chi connectivity index (χ3v) is 6.12. The predicted molar refractivity (Wildman–Crippen MR) is 98.4 cm³/mol. The van der Waals surface area contributed by atoms with Crippen molar-refractivity contribution < 1.29 is 9.18 Å². The molecule has 3 nitrogen and oxygen atoms in total. The van der Waals surface area contributed by atoms with Gasteiger partial charge in [-0.1, -0.05) is 32.9 Å². The molecule has 130 valence electrons. The molecule has 2 aromatic rings. The molecule has 0 saturated heterocycles. The molecular formula is C20H21FN2OS. The fourth-order valence-electron chi connectivity index (χ4n) is 3.35. The second-order valence-corrected chi connectivity index (χ2v) is 8.66. The first-order valence-electron chi connectivity index (χ1n) is 8.41. The van der Waals surface area contributed by atoms with Crippen LogP contribution >= 0.6 is 11.3 Å². The van der Waals surface area contributed by atoms with Gasteiger partial charge < -0.3 is 5.32 Å². The van der Waals surface area contributed by atoms with Crippen LogP contribution in [0.1, 0.15) is 53.6 Å². The number of anilines is 1. The van der Waals surface area contributed by atoms with Gasteiger partial charge in [0.25, 0.3) is 5.91 Å². The van der Waals surface area contributed by atoms with Crippen LogP contribution in [-0.2, 0) is 12.8 Å². The molecule has 1 aliphatic rings. The zero-order chi connectivity index (χ0) is 18.2. The van der Waals surface area contributed by atoms with Crippen LogP contribution in [-0.4, -0.2) is 5.91 Å². The summed E-state index contributed by atoms with van der Waals surface area (Å²) in [7, 11) is 0. The van der Waals surface area contributed by atoms with Gasteiger partial charge in [-0.15, -0.1) is 11.3 Å². The van der Waals surface area contributed by atoms with Gasteiger partial charge in [0, 0.05) is 4.88 Å². The highest BCUT2D eigenvalue weighted by atomic mass is 32.1. The summed E-state index contributed by atoms with van der Waals surface area (Å²) < 4.78 is 13.8. The van der Waals surface area contributed by atoms with Gasteiger partial charge >= 0.3 is 0 Å². The summed E-state index contributed by atoms with van der Waals surface area (Å²) in [4.78, 5) is 13.6. The summed E-state index contributed by atoms with van der Waals surface area (Å²) in [6, 6.07) is 8.10. The number of thiophene rings is 1. The Hall–Kier alpha value is -2.19. The standard InChI is InChI=1S/C20H21FN2OS/c1-20(2,3)12-8-9-13-15(11-22)19(25-17(13)10-12)23-18(24)14-6-4-5-7-16(14)21/h4-7,12H,8-10H2,1-3H3,(H,23,24). The lowest BCUT2D eigenvalue weighted by Gasteiger charge is -2.33. The number of carbonyl (C=O) groups is 1. The number of nitriles is 1. The molecule has 1 aromatic carbocycles. The van der Waals surface area contributed by atoms with E-state index in [2.05, 4.69) is 32.2 Å². The molecule has 0 bridgehead atoms. The van der Waals surface area contributed by atoms with Crippen LogP contribution in [0.25, 0.3) is 0 Å². The van der Waals surface area contributed by atoms with Gasteiger partial charge in [0.1, 0.15) is 16.9 Å². The van der Waals surface area contributed by atoms with Crippen molar-refractivity contribution in [1.29, 1.82) is 5.26 Å². The number of hydrogen-bond acceptors (Lipinski definition) is 3. The van der Waals surface area contributed by atoms with E-state index in [1.165, 1.54) is 28.3 Å². The lowest BCUT2D eigenvalue weighted by molar-refractivity contribution is 0.102. The average Bonchev–Trinajstić information content (AvgIpc) is 2.90. The van der Waals surface area contributed by atoms with E-state index >= 15 is 0 Å². The number of rotatable bonds is 2. The number of halogens is 1. The number of benzene rings is 1. The van der Waals surface area contributed by atoms with Gasteiger partial charge in [-0.3, -0.25) is 4.79 Å². The molecule has 1 aliphatic carbocycles. The van der Waals surface area contributed by atoms with Crippen molar-refractivity contribution in [2.75, 3.05) is 5.32 Å². The van der Waals surface area contributed by atoms with Crippen LogP contribution in [0, 0.1) is 28.5 Å². The van der Waals surface area contributed by atoms with Crippen molar-refractivity contribution in [2.24, 2.45) is 11.3 Å². The maximum absolute atomic E-state index is 13.8. The van der Waals surface area contributed by atoms with E-state index in [9.17, 15) is 14.4 Å². The Morgan fingerprint density at radius 1 is 1.36 bits per heavy atom. The Morgan fingerprint density at radius 2 is 2.08 bits per heavy atom. The number of nitrogens with one attached hydrogen (secondary N) is 1. The van der Waals surface area contributed by atoms with Gasteiger partial charge in [0.2, 0.25) is 0 Å². The molecule has 25 heavy (non-hydrogen) atoms. The van der Waals surface area contributed by atoms with E-state index in [1.807, 2.05) is 0 Å². The lowest BCUT2D eigenvalue weighted by Crippen LogP contribution is -2.26. The van der Waals surface area contributed by atoms with Crippen LogP contribution in [0.15, 0.2) is 24.3 Å². The molecule has 0 aliphatic heterocycles. The quantitative estimate of drug-likeness (QED) is 0.808. The van der Waals surface area contributed by atoms with Crippen molar-refractivity contribution in [1.82, 2.24) is 0 Å². The minimum absolute atomic E-state index is 0.00895. The van der Waals surface area contributed by atoms with Gasteiger partial charge in [-0.2, -0.15) is 5.26 Å². The maximum atomic E-state index is 13.8. The highest BCUT2D eigenvalue weighted by Gasteiger charge is 2.32. The van der Waals surface area contributed by atoms with Gasteiger partial charge in [-0.05, 0) is 48.3 Å². The van der Waals surface area contributed by atoms with Crippen molar-refractivity contribution in [3.05, 3.63) is 51.7 Å². The number of carbonyl (C=O) groups excluding carboxylic acids is 1. The number of amides is 1. The molecule has 0 saturated carbocycles. The van der Waals surface area contributed by atoms with Crippen molar-refractivity contribution in [2.45, 2.75) is 40.0 Å². The Balaban J connectivity index is 1.89. The smallest absolute Gasteiger partial charge is 0.259 e. The van der Waals surface area contributed by atoms with Gasteiger partial charge in [0.15, 0.2) is 0 Å². The van der Waals surface area contributed by atoms with Gasteiger partial charge in [0.05, 0.1) is 11.1 Å². The fourth-order valence-corrected chi connectivity index (χ4v) is 4.62. The molecule has 1 unspecified atom stereocenters. The van der Waals surface area contributed by atoms with Gasteiger partial charge in [-0.25, -0.2) is 4.39 Å². The molecule has 0 fully saturated rings. The largest absolute Gasteiger partial charge is 0.312 e. The molecule has 1 heterocycles. The zero-order valence-electron chi connectivity index (χ0n) is 14.6. The minimum atomic E-state index is -0.562. The average molecular weight is 356 g/mol. The second kappa shape index (κ2) is 6.61. The molecule has 0 radical (unpaired) electrons. The maximum Gasteiger partial charge on any atom is 0.259 e. The Kier molecular flexibility index (Phi) is 4.66. The van der Waals surface area contributed by atoms with Crippen LogP contribution < -0.4 is 5.32 Å². The van der Waals surface area contributed by atoms with E-state index in [-0.39, 0.29) is 11.0 Å². The second-order valence-electron chi connectivity index (χ2n) is 7.56. The minimum Gasteiger partial charge on any atom is -0.312 e. The summed E-state index contributed by atoms with van der Waals surface area (Å²) in [5.74, 6) is -0.520. The highest BCUT2D eigenvalue weighted by molar-refractivity contribution is 7.16. The molecular weight excluding hydrogens is 335 g/mol. The van der Waals surface area contributed by atoms with Crippen molar-refractivity contribution in [3.8, 4) is 6.07 Å². The molecule has 3 rings (SSSR count). The van der Waals surface area contributed by atoms with E-state index in [0.29, 0.717) is 16.5 Å². The molecule has 5 heteroatoms. The van der Waals surface area contributed by atoms with Crippen LogP contribution in [0.2, 0.25) is 0 Å². The molecule has 0 spiro atoms. The molecule has 1 amide bonds. The summed E-state index contributed by atoms with van der Waals surface area (Å²) in [6.45, 7) is 6.72. The highest BCUT2D eigenvalue weighted by Crippen LogP contribution is 2.44. The van der Waals surface area contributed by atoms with E-state index in [0.717, 1.165) is 24.8 Å². The SMILES string of the molecule is CC(C)(C)C1CCc2c(sc(NC(=O)c3ccccc3F)c2C#N)C1.